The molecule has 0 radical (unpaired) electrons. The smallest absolute Gasteiger partial charge is 0.0610 e. The highest BCUT2D eigenvalue weighted by Crippen LogP contribution is 2.15. The Morgan fingerprint density at radius 1 is 1.20 bits per heavy atom. The van der Waals surface area contributed by atoms with E-state index in [0.717, 1.165) is 19.3 Å². The largest absolute Gasteiger partial charge is 0.395 e. The predicted octanol–water partition coefficient (Wildman–Crippen LogP) is 1.68. The Kier molecular flexibility index (Phi) is 8.02. The molecule has 3 heteroatoms. The van der Waals surface area contributed by atoms with Gasteiger partial charge in [0.15, 0.2) is 0 Å². The standard InChI is InChI=1S/C12H27NO2/c1-4-6-7-8-12(3,10-15)13-11(5-2)9-14/h11,13-15H,4-10H2,1-3H3/t11-,12-/m1/s1. The first kappa shape index (κ1) is 14.9. The molecule has 3 nitrogen and oxygen atoms in total. The molecule has 0 saturated heterocycles. The van der Waals surface area contributed by atoms with E-state index in [-0.39, 0.29) is 24.8 Å². The van der Waals surface area contributed by atoms with Crippen LogP contribution in [0.4, 0.5) is 0 Å². The number of aliphatic hydroxyl groups is 2. The van der Waals surface area contributed by atoms with Gasteiger partial charge in [0.1, 0.15) is 0 Å². The van der Waals surface area contributed by atoms with E-state index in [1.54, 1.807) is 0 Å². The fourth-order valence-corrected chi connectivity index (χ4v) is 1.73. The van der Waals surface area contributed by atoms with Crippen molar-refractivity contribution in [1.29, 1.82) is 0 Å². The van der Waals surface area contributed by atoms with Crippen molar-refractivity contribution in [2.24, 2.45) is 0 Å². The number of rotatable bonds is 9. The first-order chi connectivity index (χ1) is 7.11. The molecule has 0 aliphatic carbocycles. The zero-order chi connectivity index (χ0) is 11.7. The van der Waals surface area contributed by atoms with Gasteiger partial charge in [0.2, 0.25) is 0 Å². The summed E-state index contributed by atoms with van der Waals surface area (Å²) < 4.78 is 0. The summed E-state index contributed by atoms with van der Waals surface area (Å²) in [7, 11) is 0. The SMILES string of the molecule is CCCCC[C@](C)(CO)N[C@H](CC)CO. The fraction of sp³-hybridized carbons (Fsp3) is 1.00. The van der Waals surface area contributed by atoms with Gasteiger partial charge in [-0.25, -0.2) is 0 Å². The second kappa shape index (κ2) is 8.08. The minimum atomic E-state index is -0.238. The van der Waals surface area contributed by atoms with Crippen molar-refractivity contribution in [1.82, 2.24) is 5.32 Å². The van der Waals surface area contributed by atoms with Crippen molar-refractivity contribution < 1.29 is 10.2 Å². The third-order valence-electron chi connectivity index (χ3n) is 2.95. The number of hydrogen-bond donors (Lipinski definition) is 3. The quantitative estimate of drug-likeness (QED) is 0.515. The van der Waals surface area contributed by atoms with E-state index in [1.165, 1.54) is 12.8 Å². The van der Waals surface area contributed by atoms with Gasteiger partial charge in [-0.15, -0.1) is 0 Å². The van der Waals surface area contributed by atoms with Crippen molar-refractivity contribution >= 4 is 0 Å². The van der Waals surface area contributed by atoms with E-state index in [2.05, 4.69) is 12.2 Å². The van der Waals surface area contributed by atoms with Crippen LogP contribution in [-0.2, 0) is 0 Å². The van der Waals surface area contributed by atoms with Crippen molar-refractivity contribution in [3.63, 3.8) is 0 Å². The molecule has 0 aliphatic rings. The third kappa shape index (κ3) is 6.13. The lowest BCUT2D eigenvalue weighted by atomic mass is 9.94. The second-order valence-corrected chi connectivity index (χ2v) is 4.61. The summed E-state index contributed by atoms with van der Waals surface area (Å²) in [5.41, 5.74) is -0.238. The zero-order valence-electron chi connectivity index (χ0n) is 10.4. The molecular weight excluding hydrogens is 190 g/mol. The minimum absolute atomic E-state index is 0.101. The van der Waals surface area contributed by atoms with Crippen LogP contribution in [0.2, 0.25) is 0 Å². The monoisotopic (exact) mass is 217 g/mol. The molecule has 0 amide bonds. The topological polar surface area (TPSA) is 52.5 Å². The number of unbranched alkanes of at least 4 members (excludes halogenated alkanes) is 2. The normalized spacial score (nSPS) is 17.4. The predicted molar refractivity (Wildman–Crippen MR) is 63.9 cm³/mol. The van der Waals surface area contributed by atoms with Crippen molar-refractivity contribution in [2.75, 3.05) is 13.2 Å². The number of nitrogens with one attached hydrogen (secondary N) is 1. The highest BCUT2D eigenvalue weighted by atomic mass is 16.3. The summed E-state index contributed by atoms with van der Waals surface area (Å²) in [4.78, 5) is 0. The Morgan fingerprint density at radius 3 is 2.27 bits per heavy atom. The lowest BCUT2D eigenvalue weighted by molar-refractivity contribution is 0.127. The maximum absolute atomic E-state index is 9.38. The van der Waals surface area contributed by atoms with Crippen LogP contribution in [0.1, 0.15) is 52.9 Å². The van der Waals surface area contributed by atoms with Gasteiger partial charge in [-0.3, -0.25) is 0 Å². The Balaban J connectivity index is 4.04. The van der Waals surface area contributed by atoms with Crippen molar-refractivity contribution in [3.8, 4) is 0 Å². The highest BCUT2D eigenvalue weighted by Gasteiger charge is 2.24. The average Bonchev–Trinajstić information content (AvgIpc) is 2.26. The van der Waals surface area contributed by atoms with E-state index >= 15 is 0 Å². The van der Waals surface area contributed by atoms with Crippen LogP contribution in [0.25, 0.3) is 0 Å². The van der Waals surface area contributed by atoms with Gasteiger partial charge in [0.05, 0.1) is 13.2 Å². The lowest BCUT2D eigenvalue weighted by Gasteiger charge is -2.33. The third-order valence-corrected chi connectivity index (χ3v) is 2.95. The maximum Gasteiger partial charge on any atom is 0.0610 e. The molecule has 0 unspecified atom stereocenters. The van der Waals surface area contributed by atoms with Crippen LogP contribution in [0.5, 0.6) is 0 Å². The molecule has 2 atom stereocenters. The van der Waals surface area contributed by atoms with Gasteiger partial charge in [-0.1, -0.05) is 33.1 Å². The summed E-state index contributed by atoms with van der Waals surface area (Å²) in [6.45, 7) is 6.51. The van der Waals surface area contributed by atoms with Gasteiger partial charge >= 0.3 is 0 Å². The Morgan fingerprint density at radius 2 is 1.87 bits per heavy atom. The maximum atomic E-state index is 9.38. The van der Waals surface area contributed by atoms with Gasteiger partial charge in [0.25, 0.3) is 0 Å². The first-order valence-corrected chi connectivity index (χ1v) is 6.11. The Labute approximate surface area is 93.9 Å². The molecule has 0 heterocycles. The van der Waals surface area contributed by atoms with E-state index in [0.29, 0.717) is 0 Å². The van der Waals surface area contributed by atoms with Gasteiger partial charge in [-0.05, 0) is 19.8 Å². The fourth-order valence-electron chi connectivity index (χ4n) is 1.73. The summed E-state index contributed by atoms with van der Waals surface area (Å²) in [5.74, 6) is 0. The number of hydrogen-bond acceptors (Lipinski definition) is 3. The molecule has 15 heavy (non-hydrogen) atoms. The molecule has 0 saturated carbocycles. The summed E-state index contributed by atoms with van der Waals surface area (Å²) in [5, 5.41) is 21.8. The molecule has 0 rings (SSSR count). The second-order valence-electron chi connectivity index (χ2n) is 4.61. The van der Waals surface area contributed by atoms with Crippen LogP contribution in [0.3, 0.4) is 0 Å². The first-order valence-electron chi connectivity index (χ1n) is 6.11. The molecule has 0 aliphatic heterocycles. The average molecular weight is 217 g/mol. The molecule has 92 valence electrons. The van der Waals surface area contributed by atoms with Crippen molar-refractivity contribution in [2.45, 2.75) is 64.5 Å². The van der Waals surface area contributed by atoms with E-state index in [9.17, 15) is 5.11 Å². The van der Waals surface area contributed by atoms with Gasteiger partial charge in [-0.2, -0.15) is 0 Å². The summed E-state index contributed by atoms with van der Waals surface area (Å²) in [6, 6.07) is 0.101. The van der Waals surface area contributed by atoms with E-state index < -0.39 is 0 Å². The molecule has 0 bridgehead atoms. The molecule has 0 aromatic carbocycles. The van der Waals surface area contributed by atoms with Gasteiger partial charge in [0, 0.05) is 11.6 Å². The van der Waals surface area contributed by atoms with Crippen LogP contribution >= 0.6 is 0 Å². The molecule has 0 fully saturated rings. The van der Waals surface area contributed by atoms with Crippen LogP contribution in [0.15, 0.2) is 0 Å². The molecule has 0 aromatic rings. The molecule has 0 spiro atoms. The Hall–Kier alpha value is -0.120. The lowest BCUT2D eigenvalue weighted by Crippen LogP contribution is -2.51. The van der Waals surface area contributed by atoms with Gasteiger partial charge < -0.3 is 15.5 Å². The zero-order valence-corrected chi connectivity index (χ0v) is 10.4. The molecule has 3 N–H and O–H groups in total. The highest BCUT2D eigenvalue weighted by molar-refractivity contribution is 4.85. The Bertz CT molecular complexity index is 149. The summed E-state index contributed by atoms with van der Waals surface area (Å²) >= 11 is 0. The minimum Gasteiger partial charge on any atom is -0.395 e. The van der Waals surface area contributed by atoms with Crippen LogP contribution < -0.4 is 5.32 Å². The van der Waals surface area contributed by atoms with E-state index in [4.69, 9.17) is 5.11 Å². The number of aliphatic hydroxyl groups excluding tert-OH is 2. The van der Waals surface area contributed by atoms with Crippen molar-refractivity contribution in [3.05, 3.63) is 0 Å². The van der Waals surface area contributed by atoms with Crippen LogP contribution in [-0.4, -0.2) is 35.0 Å². The molecule has 0 aromatic heterocycles. The van der Waals surface area contributed by atoms with Crippen LogP contribution in [0, 0.1) is 0 Å². The van der Waals surface area contributed by atoms with E-state index in [1.807, 2.05) is 13.8 Å². The molecular formula is C12H27NO2. The summed E-state index contributed by atoms with van der Waals surface area (Å²) in [6.07, 6.45) is 5.38.